The van der Waals surface area contributed by atoms with Gasteiger partial charge in [0, 0.05) is 19.3 Å². The molecule has 1 fully saturated rings. The van der Waals surface area contributed by atoms with Crippen LogP contribution in [0.4, 0.5) is 5.69 Å². The van der Waals surface area contributed by atoms with E-state index in [0.29, 0.717) is 21.3 Å². The van der Waals surface area contributed by atoms with E-state index < -0.39 is 0 Å². The Kier molecular flexibility index (Phi) is 6.64. The van der Waals surface area contributed by atoms with Crippen molar-refractivity contribution in [2.75, 3.05) is 32.4 Å². The Morgan fingerprint density at radius 2 is 1.78 bits per heavy atom. The number of nitrogen functional groups attached to an aromatic ring is 1. The zero-order valence-corrected chi connectivity index (χ0v) is 17.0. The Bertz CT molecular complexity index is 792. The number of nitrogens with two attached hydrogens (primary N) is 1. The van der Waals surface area contributed by atoms with Crippen LogP contribution in [0, 0.1) is 0 Å². The number of hydrogen-bond acceptors (Lipinski definition) is 3. The summed E-state index contributed by atoms with van der Waals surface area (Å²) in [5.41, 5.74) is 8.37. The lowest BCUT2D eigenvalue weighted by molar-refractivity contribution is -0.131. The summed E-state index contributed by atoms with van der Waals surface area (Å²) in [6.45, 7) is 3.01. The summed E-state index contributed by atoms with van der Waals surface area (Å²) in [5, 5.41) is 0.808. The molecule has 144 valence electrons. The zero-order valence-electron chi connectivity index (χ0n) is 15.5. The minimum atomic E-state index is 0.000738. The van der Waals surface area contributed by atoms with Crippen molar-refractivity contribution in [3.63, 3.8) is 0 Å². The lowest BCUT2D eigenvalue weighted by Gasteiger charge is -2.32. The summed E-state index contributed by atoms with van der Waals surface area (Å²) < 4.78 is 0. The smallest absolute Gasteiger partial charge is 0.227 e. The molecule has 1 aliphatic rings. The van der Waals surface area contributed by atoms with Crippen LogP contribution in [0.2, 0.25) is 10.0 Å². The van der Waals surface area contributed by atoms with Gasteiger partial charge in [0.05, 0.1) is 22.5 Å². The van der Waals surface area contributed by atoms with Gasteiger partial charge >= 0.3 is 0 Å². The van der Waals surface area contributed by atoms with Crippen LogP contribution in [0.1, 0.15) is 30.0 Å². The molecule has 1 saturated heterocycles. The first-order valence-corrected chi connectivity index (χ1v) is 9.97. The molecule has 1 heterocycles. The quantitative estimate of drug-likeness (QED) is 0.723. The minimum absolute atomic E-state index is 0.000738. The van der Waals surface area contributed by atoms with Crippen molar-refractivity contribution < 1.29 is 4.79 Å². The summed E-state index contributed by atoms with van der Waals surface area (Å²) in [7, 11) is 1.86. The summed E-state index contributed by atoms with van der Waals surface area (Å²) in [5.74, 6) is 0.00754. The van der Waals surface area contributed by atoms with E-state index in [-0.39, 0.29) is 18.4 Å². The number of anilines is 1. The highest BCUT2D eigenvalue weighted by atomic mass is 35.5. The van der Waals surface area contributed by atoms with Gasteiger partial charge in [-0.15, -0.1) is 0 Å². The maximum absolute atomic E-state index is 13.0. The number of benzene rings is 2. The summed E-state index contributed by atoms with van der Waals surface area (Å²) in [4.78, 5) is 17.3. The molecule has 4 nitrogen and oxygen atoms in total. The molecule has 1 amide bonds. The van der Waals surface area contributed by atoms with Crippen LogP contribution in [0.25, 0.3) is 0 Å². The molecule has 0 bridgehead atoms. The molecule has 27 heavy (non-hydrogen) atoms. The predicted octanol–water partition coefficient (Wildman–Crippen LogP) is 4.41. The van der Waals surface area contributed by atoms with Crippen LogP contribution in [-0.4, -0.2) is 42.4 Å². The largest absolute Gasteiger partial charge is 0.398 e. The first kappa shape index (κ1) is 20.0. The van der Waals surface area contributed by atoms with Crippen molar-refractivity contribution in [1.82, 2.24) is 9.80 Å². The van der Waals surface area contributed by atoms with E-state index in [9.17, 15) is 4.79 Å². The number of rotatable bonds is 6. The topological polar surface area (TPSA) is 49.6 Å². The van der Waals surface area contributed by atoms with E-state index >= 15 is 0 Å². The van der Waals surface area contributed by atoms with E-state index in [1.54, 1.807) is 12.1 Å². The van der Waals surface area contributed by atoms with Gasteiger partial charge in [0.2, 0.25) is 5.91 Å². The fraction of sp³-hybridized carbons (Fsp3) is 0.381. The molecule has 0 radical (unpaired) electrons. The molecule has 2 N–H and O–H groups in total. The first-order valence-electron chi connectivity index (χ1n) is 9.22. The van der Waals surface area contributed by atoms with Gasteiger partial charge in [0.1, 0.15) is 0 Å². The lowest BCUT2D eigenvalue weighted by Crippen LogP contribution is -2.39. The number of halogens is 2. The van der Waals surface area contributed by atoms with Gasteiger partial charge in [0.15, 0.2) is 0 Å². The standard InChI is InChI=1S/C21H25Cl2N3O/c1-25(21(27)12-16-11-17(22)18(23)13-19(16)24)20(14-26-9-5-6-10-26)15-7-3-2-4-8-15/h2-4,7-8,11,13,20H,5-6,9-10,12,14,24H2,1H3/t20-/m1/s1. The molecule has 0 unspecified atom stereocenters. The van der Waals surface area contributed by atoms with Crippen LogP contribution >= 0.6 is 23.2 Å². The Morgan fingerprint density at radius 1 is 1.15 bits per heavy atom. The third kappa shape index (κ3) is 4.95. The molecule has 2 aromatic carbocycles. The predicted molar refractivity (Wildman–Crippen MR) is 112 cm³/mol. The van der Waals surface area contributed by atoms with Crippen LogP contribution in [0.3, 0.4) is 0 Å². The normalized spacial score (nSPS) is 15.7. The van der Waals surface area contributed by atoms with Crippen molar-refractivity contribution in [2.45, 2.75) is 25.3 Å². The summed E-state index contributed by atoms with van der Waals surface area (Å²) in [6.07, 6.45) is 2.64. The van der Waals surface area contributed by atoms with Gasteiger partial charge in [-0.3, -0.25) is 4.79 Å². The van der Waals surface area contributed by atoms with Crippen molar-refractivity contribution in [2.24, 2.45) is 0 Å². The van der Waals surface area contributed by atoms with Gasteiger partial charge in [-0.25, -0.2) is 0 Å². The highest BCUT2D eigenvalue weighted by molar-refractivity contribution is 6.42. The highest BCUT2D eigenvalue weighted by Gasteiger charge is 2.26. The van der Waals surface area contributed by atoms with Gasteiger partial charge in [0.25, 0.3) is 0 Å². The Hall–Kier alpha value is -1.75. The molecular weight excluding hydrogens is 381 g/mol. The molecule has 0 aliphatic carbocycles. The molecule has 2 aromatic rings. The highest BCUT2D eigenvalue weighted by Crippen LogP contribution is 2.29. The average molecular weight is 406 g/mol. The third-order valence-electron chi connectivity index (χ3n) is 5.20. The Morgan fingerprint density at radius 3 is 2.44 bits per heavy atom. The van der Waals surface area contributed by atoms with E-state index in [2.05, 4.69) is 17.0 Å². The van der Waals surface area contributed by atoms with Gasteiger partial charge < -0.3 is 15.5 Å². The summed E-state index contributed by atoms with van der Waals surface area (Å²) in [6, 6.07) is 13.5. The van der Waals surface area contributed by atoms with Crippen molar-refractivity contribution in [1.29, 1.82) is 0 Å². The van der Waals surface area contributed by atoms with E-state index in [1.807, 2.05) is 30.1 Å². The number of carbonyl (C=O) groups is 1. The number of amides is 1. The maximum atomic E-state index is 13.0. The molecule has 0 spiro atoms. The first-order chi connectivity index (χ1) is 13.0. The molecule has 1 aliphatic heterocycles. The van der Waals surface area contributed by atoms with E-state index in [1.165, 1.54) is 12.8 Å². The van der Waals surface area contributed by atoms with Crippen molar-refractivity contribution >= 4 is 34.8 Å². The van der Waals surface area contributed by atoms with Crippen LogP contribution in [0.5, 0.6) is 0 Å². The third-order valence-corrected chi connectivity index (χ3v) is 5.92. The Balaban J connectivity index is 1.79. The summed E-state index contributed by atoms with van der Waals surface area (Å²) >= 11 is 12.1. The fourth-order valence-electron chi connectivity index (χ4n) is 3.55. The van der Waals surface area contributed by atoms with Crippen LogP contribution < -0.4 is 5.73 Å². The molecule has 1 atom stereocenters. The molecule has 0 saturated carbocycles. The second-order valence-electron chi connectivity index (χ2n) is 7.08. The molecule has 3 rings (SSSR count). The average Bonchev–Trinajstić information content (AvgIpc) is 3.17. The van der Waals surface area contributed by atoms with Gasteiger partial charge in [-0.1, -0.05) is 53.5 Å². The second-order valence-corrected chi connectivity index (χ2v) is 7.90. The monoisotopic (exact) mass is 405 g/mol. The zero-order chi connectivity index (χ0) is 19.4. The number of nitrogens with zero attached hydrogens (tertiary/aromatic N) is 2. The SMILES string of the molecule is CN(C(=O)Cc1cc(Cl)c(Cl)cc1N)[C@H](CN1CCCC1)c1ccccc1. The second kappa shape index (κ2) is 8.96. The van der Waals surface area contributed by atoms with E-state index in [4.69, 9.17) is 28.9 Å². The van der Waals surface area contributed by atoms with Gasteiger partial charge in [-0.2, -0.15) is 0 Å². The maximum Gasteiger partial charge on any atom is 0.227 e. The van der Waals surface area contributed by atoms with Crippen LogP contribution in [-0.2, 0) is 11.2 Å². The minimum Gasteiger partial charge on any atom is -0.398 e. The number of carbonyl (C=O) groups excluding carboxylic acids is 1. The molecular formula is C21H25Cl2N3O. The fourth-order valence-corrected chi connectivity index (χ4v) is 3.91. The van der Waals surface area contributed by atoms with Gasteiger partial charge in [-0.05, 0) is 49.2 Å². The van der Waals surface area contributed by atoms with Crippen molar-refractivity contribution in [3.05, 3.63) is 63.6 Å². The van der Waals surface area contributed by atoms with Crippen LogP contribution in [0.15, 0.2) is 42.5 Å². The number of likely N-dealkylation sites (N-methyl/N-ethyl adjacent to an activating group) is 1. The molecule has 0 aromatic heterocycles. The number of likely N-dealkylation sites (tertiary alicyclic amines) is 1. The lowest BCUT2D eigenvalue weighted by atomic mass is 10.0. The van der Waals surface area contributed by atoms with E-state index in [0.717, 1.165) is 25.2 Å². The Labute approximate surface area is 170 Å². The van der Waals surface area contributed by atoms with Crippen molar-refractivity contribution in [3.8, 4) is 0 Å². The molecule has 6 heteroatoms. The number of hydrogen-bond donors (Lipinski definition) is 1.